The third-order valence-corrected chi connectivity index (χ3v) is 3.81. The molecule has 1 fully saturated rings. The van der Waals surface area contributed by atoms with Crippen LogP contribution < -0.4 is 5.32 Å². The summed E-state index contributed by atoms with van der Waals surface area (Å²) in [5.74, 6) is 0.394. The van der Waals surface area contributed by atoms with Crippen LogP contribution >= 0.6 is 11.8 Å². The zero-order chi connectivity index (χ0) is 14.3. The number of carbonyl (C=O) groups is 2. The van der Waals surface area contributed by atoms with Gasteiger partial charge < -0.3 is 15.3 Å². The highest BCUT2D eigenvalue weighted by molar-refractivity contribution is 7.98. The van der Waals surface area contributed by atoms with Crippen molar-refractivity contribution in [3.63, 3.8) is 0 Å². The van der Waals surface area contributed by atoms with E-state index in [1.807, 2.05) is 13.2 Å². The summed E-state index contributed by atoms with van der Waals surface area (Å²) < 4.78 is 0. The highest BCUT2D eigenvalue weighted by atomic mass is 32.2. The molecule has 2 amide bonds. The largest absolute Gasteiger partial charge is 0.480 e. The van der Waals surface area contributed by atoms with E-state index in [9.17, 15) is 9.59 Å². The van der Waals surface area contributed by atoms with Crippen molar-refractivity contribution in [1.29, 1.82) is 0 Å². The first-order valence-electron chi connectivity index (χ1n) is 6.85. The van der Waals surface area contributed by atoms with Crippen LogP contribution in [0.2, 0.25) is 0 Å². The SMILES string of the molecule is CCCN(CC1CC1)C(=O)NC(CCSC)C(=O)O. The maximum atomic E-state index is 12.1. The van der Waals surface area contributed by atoms with Gasteiger partial charge in [-0.3, -0.25) is 0 Å². The molecule has 0 bridgehead atoms. The first kappa shape index (κ1) is 16.1. The molecule has 0 saturated heterocycles. The fourth-order valence-corrected chi connectivity index (χ4v) is 2.36. The monoisotopic (exact) mass is 288 g/mol. The van der Waals surface area contributed by atoms with Crippen molar-refractivity contribution in [2.24, 2.45) is 5.92 Å². The predicted octanol–water partition coefficient (Wildman–Crippen LogP) is 2.02. The van der Waals surface area contributed by atoms with E-state index in [0.29, 0.717) is 18.9 Å². The number of aliphatic carboxylic acids is 1. The Hall–Kier alpha value is -0.910. The van der Waals surface area contributed by atoms with E-state index in [1.54, 1.807) is 16.7 Å². The van der Waals surface area contributed by atoms with E-state index < -0.39 is 12.0 Å². The average Bonchev–Trinajstić information content (AvgIpc) is 3.17. The van der Waals surface area contributed by atoms with Crippen LogP contribution in [0, 0.1) is 5.92 Å². The lowest BCUT2D eigenvalue weighted by Crippen LogP contribution is -2.49. The maximum absolute atomic E-state index is 12.1. The van der Waals surface area contributed by atoms with Crippen LogP contribution in [-0.4, -0.2) is 53.1 Å². The first-order valence-corrected chi connectivity index (χ1v) is 8.25. The Morgan fingerprint density at radius 1 is 1.47 bits per heavy atom. The van der Waals surface area contributed by atoms with Crippen molar-refractivity contribution in [2.75, 3.05) is 25.1 Å². The number of rotatable bonds is 9. The Balaban J connectivity index is 2.48. The second-order valence-corrected chi connectivity index (χ2v) is 6.00. The molecule has 6 heteroatoms. The van der Waals surface area contributed by atoms with Crippen molar-refractivity contribution < 1.29 is 14.7 Å². The van der Waals surface area contributed by atoms with Crippen LogP contribution in [0.1, 0.15) is 32.6 Å². The molecule has 0 heterocycles. The van der Waals surface area contributed by atoms with Gasteiger partial charge in [-0.15, -0.1) is 0 Å². The normalized spacial score (nSPS) is 15.9. The van der Waals surface area contributed by atoms with Crippen molar-refractivity contribution in [1.82, 2.24) is 10.2 Å². The summed E-state index contributed by atoms with van der Waals surface area (Å²) in [5, 5.41) is 11.8. The van der Waals surface area contributed by atoms with Crippen LogP contribution in [0.15, 0.2) is 0 Å². The summed E-state index contributed by atoms with van der Waals surface area (Å²) in [4.78, 5) is 25.0. The lowest BCUT2D eigenvalue weighted by Gasteiger charge is -2.24. The number of amides is 2. The minimum absolute atomic E-state index is 0.234. The molecule has 0 aliphatic heterocycles. The van der Waals surface area contributed by atoms with Gasteiger partial charge in [-0.05, 0) is 43.6 Å². The van der Waals surface area contributed by atoms with Crippen LogP contribution in [0.25, 0.3) is 0 Å². The number of carboxylic acid groups (broad SMARTS) is 1. The van der Waals surface area contributed by atoms with Gasteiger partial charge in [0.2, 0.25) is 0 Å². The Morgan fingerprint density at radius 3 is 2.63 bits per heavy atom. The molecular formula is C13H24N2O3S. The zero-order valence-corrected chi connectivity index (χ0v) is 12.5. The number of carboxylic acids is 1. The number of urea groups is 1. The highest BCUT2D eigenvalue weighted by Crippen LogP contribution is 2.29. The minimum Gasteiger partial charge on any atom is -0.480 e. The predicted molar refractivity (Wildman–Crippen MR) is 77.5 cm³/mol. The van der Waals surface area contributed by atoms with Gasteiger partial charge in [-0.1, -0.05) is 6.92 Å². The Morgan fingerprint density at radius 2 is 2.16 bits per heavy atom. The number of hydrogen-bond donors (Lipinski definition) is 2. The lowest BCUT2D eigenvalue weighted by atomic mass is 10.2. The van der Waals surface area contributed by atoms with Crippen LogP contribution in [0.3, 0.4) is 0 Å². The van der Waals surface area contributed by atoms with E-state index >= 15 is 0 Å². The molecule has 1 aliphatic rings. The molecule has 0 aromatic rings. The summed E-state index contributed by atoms with van der Waals surface area (Å²) in [7, 11) is 0. The molecule has 2 N–H and O–H groups in total. The summed E-state index contributed by atoms with van der Waals surface area (Å²) in [6, 6.07) is -1.01. The topological polar surface area (TPSA) is 69.6 Å². The molecule has 0 spiro atoms. The second-order valence-electron chi connectivity index (χ2n) is 5.01. The standard InChI is InChI=1S/C13H24N2O3S/c1-3-7-15(9-10-4-5-10)13(18)14-11(12(16)17)6-8-19-2/h10-11H,3-9H2,1-2H3,(H,14,18)(H,16,17). The van der Waals surface area contributed by atoms with Crippen LogP contribution in [0.5, 0.6) is 0 Å². The van der Waals surface area contributed by atoms with Gasteiger partial charge >= 0.3 is 12.0 Å². The minimum atomic E-state index is -0.953. The Kier molecular flexibility index (Phi) is 7.05. The highest BCUT2D eigenvalue weighted by Gasteiger charge is 2.28. The van der Waals surface area contributed by atoms with Gasteiger partial charge in [0.25, 0.3) is 0 Å². The van der Waals surface area contributed by atoms with Gasteiger partial charge in [-0.2, -0.15) is 11.8 Å². The van der Waals surface area contributed by atoms with Crippen LogP contribution in [-0.2, 0) is 4.79 Å². The summed E-state index contributed by atoms with van der Waals surface area (Å²) in [6.07, 6.45) is 5.65. The van der Waals surface area contributed by atoms with Crippen molar-refractivity contribution in [2.45, 2.75) is 38.6 Å². The smallest absolute Gasteiger partial charge is 0.326 e. The number of thioether (sulfide) groups is 1. The summed E-state index contributed by atoms with van der Waals surface area (Å²) in [6.45, 7) is 3.47. The number of carbonyl (C=O) groups excluding carboxylic acids is 1. The van der Waals surface area contributed by atoms with Crippen molar-refractivity contribution >= 4 is 23.8 Å². The molecule has 19 heavy (non-hydrogen) atoms. The van der Waals surface area contributed by atoms with Gasteiger partial charge in [0.05, 0.1) is 0 Å². The van der Waals surface area contributed by atoms with E-state index in [2.05, 4.69) is 5.32 Å². The van der Waals surface area contributed by atoms with Crippen molar-refractivity contribution in [3.8, 4) is 0 Å². The molecule has 0 aromatic heterocycles. The van der Waals surface area contributed by atoms with Gasteiger partial charge in [0.15, 0.2) is 0 Å². The van der Waals surface area contributed by atoms with Gasteiger partial charge in [-0.25, -0.2) is 9.59 Å². The maximum Gasteiger partial charge on any atom is 0.326 e. The van der Waals surface area contributed by atoms with Crippen molar-refractivity contribution in [3.05, 3.63) is 0 Å². The molecule has 0 radical (unpaired) electrons. The first-order chi connectivity index (χ1) is 9.08. The van der Waals surface area contributed by atoms with Crippen LogP contribution in [0.4, 0.5) is 4.79 Å². The van der Waals surface area contributed by atoms with E-state index in [-0.39, 0.29) is 6.03 Å². The molecular weight excluding hydrogens is 264 g/mol. The molecule has 1 atom stereocenters. The Labute approximate surface area is 119 Å². The van der Waals surface area contributed by atoms with Gasteiger partial charge in [0.1, 0.15) is 6.04 Å². The van der Waals surface area contributed by atoms with E-state index in [1.165, 1.54) is 12.8 Å². The third kappa shape index (κ3) is 6.18. The molecule has 1 unspecified atom stereocenters. The number of nitrogens with one attached hydrogen (secondary N) is 1. The molecule has 1 saturated carbocycles. The molecule has 1 aliphatic carbocycles. The number of hydrogen-bond acceptors (Lipinski definition) is 3. The average molecular weight is 288 g/mol. The fourth-order valence-electron chi connectivity index (χ4n) is 1.89. The van der Waals surface area contributed by atoms with E-state index in [0.717, 1.165) is 18.7 Å². The molecule has 110 valence electrons. The molecule has 1 rings (SSSR count). The molecule has 5 nitrogen and oxygen atoms in total. The number of nitrogens with zero attached hydrogens (tertiary/aromatic N) is 1. The summed E-state index contributed by atoms with van der Waals surface area (Å²) >= 11 is 1.59. The van der Waals surface area contributed by atoms with Gasteiger partial charge in [0, 0.05) is 13.1 Å². The second kappa shape index (κ2) is 8.30. The van der Waals surface area contributed by atoms with E-state index in [4.69, 9.17) is 5.11 Å². The zero-order valence-electron chi connectivity index (χ0n) is 11.7. The summed E-state index contributed by atoms with van der Waals surface area (Å²) in [5.41, 5.74) is 0. The molecule has 0 aromatic carbocycles. The Bertz CT molecular complexity index is 308. The lowest BCUT2D eigenvalue weighted by molar-refractivity contribution is -0.139. The fraction of sp³-hybridized carbons (Fsp3) is 0.846. The third-order valence-electron chi connectivity index (χ3n) is 3.16. The quantitative estimate of drug-likeness (QED) is 0.681.